The topological polar surface area (TPSA) is 31.6 Å². The first-order valence-corrected chi connectivity index (χ1v) is 9.23. The first-order chi connectivity index (χ1) is 11.2. The summed E-state index contributed by atoms with van der Waals surface area (Å²) in [5, 5.41) is 0. The van der Waals surface area contributed by atoms with Crippen molar-refractivity contribution in [2.24, 2.45) is 0 Å². The Balaban J connectivity index is 2.10. The number of furan rings is 1. The normalized spacial score (nSPS) is 10.8. The van der Waals surface area contributed by atoms with Gasteiger partial charge in [0.15, 0.2) is 15.3 Å². The van der Waals surface area contributed by atoms with Crippen molar-refractivity contribution >= 4 is 22.6 Å². The van der Waals surface area contributed by atoms with E-state index in [4.69, 9.17) is 13.9 Å². The number of rotatable bonds is 9. The van der Waals surface area contributed by atoms with E-state index >= 15 is 0 Å². The second-order valence-electron chi connectivity index (χ2n) is 5.68. The lowest BCUT2D eigenvalue weighted by molar-refractivity contribution is 0.354. The summed E-state index contributed by atoms with van der Waals surface area (Å²) in [6, 6.07) is 8.23. The lowest BCUT2D eigenvalue weighted by Gasteiger charge is -2.09. The average molecular weight is 428 g/mol. The predicted molar refractivity (Wildman–Crippen MR) is 102 cm³/mol. The summed E-state index contributed by atoms with van der Waals surface area (Å²) >= 11 is 2.25. The molecule has 0 bridgehead atoms. The molecule has 2 aromatic rings. The van der Waals surface area contributed by atoms with Gasteiger partial charge in [-0.15, -0.1) is 0 Å². The van der Waals surface area contributed by atoms with Gasteiger partial charge in [-0.05, 0) is 58.3 Å². The van der Waals surface area contributed by atoms with Gasteiger partial charge in [-0.2, -0.15) is 0 Å². The maximum absolute atomic E-state index is 5.90. The molecule has 0 unspecified atom stereocenters. The summed E-state index contributed by atoms with van der Waals surface area (Å²) in [5.74, 6) is 2.66. The van der Waals surface area contributed by atoms with Crippen LogP contribution in [0.5, 0.6) is 11.5 Å². The third-order valence-corrected chi connectivity index (χ3v) is 4.50. The van der Waals surface area contributed by atoms with E-state index in [0.29, 0.717) is 0 Å². The lowest BCUT2D eigenvalue weighted by Crippen LogP contribution is -1.95. The molecule has 0 aliphatic carbocycles. The Hall–Kier alpha value is -1.17. The van der Waals surface area contributed by atoms with Gasteiger partial charge in [0.1, 0.15) is 5.76 Å². The second-order valence-corrected chi connectivity index (χ2v) is 6.74. The first-order valence-electron chi connectivity index (χ1n) is 8.16. The van der Waals surface area contributed by atoms with E-state index in [9.17, 15) is 0 Å². The van der Waals surface area contributed by atoms with Crippen molar-refractivity contribution in [1.82, 2.24) is 0 Å². The lowest BCUT2D eigenvalue weighted by atomic mass is 10.0. The molecule has 0 N–H and O–H groups in total. The Morgan fingerprint density at radius 1 is 1.00 bits per heavy atom. The quantitative estimate of drug-likeness (QED) is 0.384. The molecule has 1 heterocycles. The van der Waals surface area contributed by atoms with E-state index in [1.54, 1.807) is 14.2 Å². The van der Waals surface area contributed by atoms with Crippen LogP contribution in [-0.4, -0.2) is 14.2 Å². The van der Waals surface area contributed by atoms with Gasteiger partial charge in [0.25, 0.3) is 0 Å². The highest BCUT2D eigenvalue weighted by molar-refractivity contribution is 14.1. The maximum atomic E-state index is 5.90. The highest BCUT2D eigenvalue weighted by Gasteiger charge is 2.12. The summed E-state index contributed by atoms with van der Waals surface area (Å²) in [6.07, 6.45) is 6.89. The Bertz CT molecular complexity index is 619. The summed E-state index contributed by atoms with van der Waals surface area (Å²) in [5.41, 5.74) is 2.48. The highest BCUT2D eigenvalue weighted by atomic mass is 127. The van der Waals surface area contributed by atoms with E-state index < -0.39 is 0 Å². The molecule has 23 heavy (non-hydrogen) atoms. The van der Waals surface area contributed by atoms with Crippen LogP contribution in [0.4, 0.5) is 0 Å². The van der Waals surface area contributed by atoms with E-state index in [1.807, 2.05) is 12.1 Å². The van der Waals surface area contributed by atoms with Gasteiger partial charge in [0.05, 0.1) is 14.2 Å². The van der Waals surface area contributed by atoms with Gasteiger partial charge in [-0.3, -0.25) is 0 Å². The van der Waals surface area contributed by atoms with E-state index in [-0.39, 0.29) is 0 Å². The van der Waals surface area contributed by atoms with Crippen LogP contribution in [-0.2, 0) is 12.8 Å². The number of hydrogen-bond acceptors (Lipinski definition) is 3. The fourth-order valence-electron chi connectivity index (χ4n) is 2.71. The van der Waals surface area contributed by atoms with Gasteiger partial charge >= 0.3 is 0 Å². The molecule has 0 saturated carbocycles. The van der Waals surface area contributed by atoms with E-state index in [1.165, 1.54) is 36.8 Å². The van der Waals surface area contributed by atoms with E-state index in [2.05, 4.69) is 41.6 Å². The van der Waals surface area contributed by atoms with Gasteiger partial charge in [-0.1, -0.05) is 32.3 Å². The molecular formula is C19H25IO3. The van der Waals surface area contributed by atoms with Crippen LogP contribution in [0.3, 0.4) is 0 Å². The number of ether oxygens (including phenoxy) is 2. The SMILES string of the molecule is CCCCCCc1oc(I)cc1Cc1ccc(OC)c(OC)c1. The third-order valence-electron chi connectivity index (χ3n) is 3.97. The predicted octanol–water partition coefficient (Wildman–Crippen LogP) is 5.62. The zero-order valence-electron chi connectivity index (χ0n) is 14.2. The Kier molecular flexibility index (Phi) is 7.27. The molecule has 0 spiro atoms. The van der Waals surface area contributed by atoms with Crippen molar-refractivity contribution < 1.29 is 13.9 Å². The van der Waals surface area contributed by atoms with Crippen LogP contribution in [0.15, 0.2) is 28.7 Å². The molecule has 0 radical (unpaired) electrons. The summed E-state index contributed by atoms with van der Waals surface area (Å²) in [6.45, 7) is 2.23. The molecule has 0 atom stereocenters. The number of aryl methyl sites for hydroxylation is 1. The van der Waals surface area contributed by atoms with Crippen molar-refractivity contribution in [3.05, 3.63) is 44.9 Å². The van der Waals surface area contributed by atoms with Crippen LogP contribution >= 0.6 is 22.6 Å². The molecule has 0 saturated heterocycles. The summed E-state index contributed by atoms with van der Waals surface area (Å²) in [4.78, 5) is 0. The first kappa shape index (κ1) is 18.2. The van der Waals surface area contributed by atoms with Crippen LogP contribution in [0.25, 0.3) is 0 Å². The van der Waals surface area contributed by atoms with Gasteiger partial charge < -0.3 is 13.9 Å². The Morgan fingerprint density at radius 2 is 1.78 bits per heavy atom. The fourth-order valence-corrected chi connectivity index (χ4v) is 3.36. The zero-order valence-corrected chi connectivity index (χ0v) is 16.3. The van der Waals surface area contributed by atoms with Crippen LogP contribution < -0.4 is 9.47 Å². The summed E-state index contributed by atoms with van der Waals surface area (Å²) in [7, 11) is 3.33. The van der Waals surface area contributed by atoms with Gasteiger partial charge in [0.2, 0.25) is 0 Å². The molecule has 4 heteroatoms. The fraction of sp³-hybridized carbons (Fsp3) is 0.474. The average Bonchev–Trinajstić information content (AvgIpc) is 2.91. The molecule has 0 aliphatic heterocycles. The number of methoxy groups -OCH3 is 2. The minimum Gasteiger partial charge on any atom is -0.493 e. The van der Waals surface area contributed by atoms with Crippen molar-refractivity contribution in [2.45, 2.75) is 45.4 Å². The smallest absolute Gasteiger partial charge is 0.164 e. The molecule has 0 fully saturated rings. The van der Waals surface area contributed by atoms with Crippen molar-refractivity contribution in [3.63, 3.8) is 0 Å². The van der Waals surface area contributed by atoms with Crippen molar-refractivity contribution in [2.75, 3.05) is 14.2 Å². The molecule has 126 valence electrons. The third kappa shape index (κ3) is 5.16. The molecular weight excluding hydrogens is 403 g/mol. The van der Waals surface area contributed by atoms with E-state index in [0.717, 1.165) is 33.9 Å². The number of unbranched alkanes of at least 4 members (excludes halogenated alkanes) is 3. The van der Waals surface area contributed by atoms with Crippen LogP contribution in [0.1, 0.15) is 49.5 Å². The van der Waals surface area contributed by atoms with Gasteiger partial charge in [-0.25, -0.2) is 0 Å². The van der Waals surface area contributed by atoms with Crippen LogP contribution in [0, 0.1) is 3.77 Å². The minimum absolute atomic E-state index is 0.762. The molecule has 3 nitrogen and oxygen atoms in total. The Morgan fingerprint density at radius 3 is 2.48 bits per heavy atom. The molecule has 2 rings (SSSR count). The maximum Gasteiger partial charge on any atom is 0.164 e. The monoisotopic (exact) mass is 428 g/mol. The zero-order chi connectivity index (χ0) is 16.7. The van der Waals surface area contributed by atoms with Crippen molar-refractivity contribution in [1.29, 1.82) is 0 Å². The molecule has 1 aromatic heterocycles. The van der Waals surface area contributed by atoms with Crippen molar-refractivity contribution in [3.8, 4) is 11.5 Å². The van der Waals surface area contributed by atoms with Crippen LogP contribution in [0.2, 0.25) is 0 Å². The molecule has 0 amide bonds. The Labute approximate surface area is 152 Å². The molecule has 1 aromatic carbocycles. The second kappa shape index (κ2) is 9.21. The van der Waals surface area contributed by atoms with Gasteiger partial charge in [0, 0.05) is 12.8 Å². The molecule has 0 aliphatic rings. The number of hydrogen-bond donors (Lipinski definition) is 0. The summed E-state index contributed by atoms with van der Waals surface area (Å²) < 4.78 is 17.6. The largest absolute Gasteiger partial charge is 0.493 e. The highest BCUT2D eigenvalue weighted by Crippen LogP contribution is 2.30. The minimum atomic E-state index is 0.762. The standard InChI is InChI=1S/C19H25IO3/c1-4-5-6-7-8-16-15(13-19(20)23-16)11-14-9-10-17(21-2)18(12-14)22-3/h9-10,12-13H,4-8,11H2,1-3H3. The number of benzene rings is 1. The number of halogens is 1.